The molecule has 1 aromatic carbocycles. The van der Waals surface area contributed by atoms with Crippen molar-refractivity contribution in [2.24, 2.45) is 12.1 Å². The smallest absolute Gasteiger partial charge is 0.191 e. The first-order chi connectivity index (χ1) is 9.99. The summed E-state index contributed by atoms with van der Waals surface area (Å²) >= 11 is 5.06. The molecule has 0 bridgehead atoms. The zero-order valence-corrected chi connectivity index (χ0v) is 12.8. The zero-order chi connectivity index (χ0) is 15.4. The van der Waals surface area contributed by atoms with Gasteiger partial charge in [0.05, 0.1) is 17.6 Å². The number of halogens is 1. The Hall–Kier alpha value is -2.28. The molecule has 0 amide bonds. The Kier molecular flexibility index (Phi) is 4.64. The number of hydrazone groups is 1. The van der Waals surface area contributed by atoms with Crippen LogP contribution >= 0.6 is 12.2 Å². The van der Waals surface area contributed by atoms with E-state index in [1.165, 1.54) is 6.07 Å². The van der Waals surface area contributed by atoms with Crippen molar-refractivity contribution in [2.75, 3.05) is 5.32 Å². The van der Waals surface area contributed by atoms with Gasteiger partial charge in [0.1, 0.15) is 5.82 Å². The molecule has 0 aliphatic heterocycles. The van der Waals surface area contributed by atoms with E-state index in [9.17, 15) is 4.39 Å². The molecule has 1 heterocycles. The SMILES string of the molecule is Cc1nn(C)c(C)c1/C=N\NC(=S)Nc1ccccc1F. The van der Waals surface area contributed by atoms with Gasteiger partial charge in [0.15, 0.2) is 5.11 Å². The standard InChI is InChI=1S/C14H16FN5S/c1-9-11(10(2)20(3)19-9)8-16-18-14(21)17-13-7-5-4-6-12(13)15/h4-8H,1-3H3,(H2,17,18,21)/b16-8-. The number of nitrogens with zero attached hydrogens (tertiary/aromatic N) is 3. The second-order valence-corrected chi connectivity index (χ2v) is 4.92. The van der Waals surface area contributed by atoms with E-state index in [2.05, 4.69) is 20.9 Å². The monoisotopic (exact) mass is 305 g/mol. The molecule has 0 saturated carbocycles. The maximum atomic E-state index is 13.4. The molecule has 110 valence electrons. The number of nitrogens with one attached hydrogen (secondary N) is 2. The fraction of sp³-hybridized carbons (Fsp3) is 0.214. The Morgan fingerprint density at radius 1 is 1.38 bits per heavy atom. The van der Waals surface area contributed by atoms with Gasteiger partial charge in [-0.05, 0) is 38.2 Å². The second-order valence-electron chi connectivity index (χ2n) is 4.51. The van der Waals surface area contributed by atoms with Crippen molar-refractivity contribution < 1.29 is 4.39 Å². The molecule has 21 heavy (non-hydrogen) atoms. The van der Waals surface area contributed by atoms with Crippen LogP contribution in [0.2, 0.25) is 0 Å². The number of hydrogen-bond acceptors (Lipinski definition) is 3. The summed E-state index contributed by atoms with van der Waals surface area (Å²) in [6, 6.07) is 6.29. The van der Waals surface area contributed by atoms with Gasteiger partial charge < -0.3 is 5.32 Å². The van der Waals surface area contributed by atoms with Crippen LogP contribution in [0.3, 0.4) is 0 Å². The average Bonchev–Trinajstić information content (AvgIpc) is 2.68. The molecule has 0 unspecified atom stereocenters. The Balaban J connectivity index is 1.98. The van der Waals surface area contributed by atoms with E-state index < -0.39 is 0 Å². The van der Waals surface area contributed by atoms with Crippen molar-refractivity contribution in [3.8, 4) is 0 Å². The summed E-state index contributed by atoms with van der Waals surface area (Å²) in [7, 11) is 1.87. The van der Waals surface area contributed by atoms with Gasteiger partial charge in [-0.15, -0.1) is 0 Å². The second kappa shape index (κ2) is 6.45. The van der Waals surface area contributed by atoms with E-state index in [-0.39, 0.29) is 10.9 Å². The number of hydrogen-bond donors (Lipinski definition) is 2. The highest BCUT2D eigenvalue weighted by molar-refractivity contribution is 7.80. The van der Waals surface area contributed by atoms with Crippen LogP contribution in [-0.2, 0) is 7.05 Å². The molecule has 0 aliphatic carbocycles. The lowest BCUT2D eigenvalue weighted by molar-refractivity contribution is 0.632. The molecule has 1 aromatic heterocycles. The summed E-state index contributed by atoms with van der Waals surface area (Å²) in [6.07, 6.45) is 1.65. The number of aryl methyl sites for hydroxylation is 2. The number of thiocarbonyl (C=S) groups is 1. The van der Waals surface area contributed by atoms with Gasteiger partial charge in [0, 0.05) is 18.3 Å². The average molecular weight is 305 g/mol. The third-order valence-corrected chi connectivity index (χ3v) is 3.24. The molecule has 0 aliphatic rings. The maximum Gasteiger partial charge on any atom is 0.191 e. The van der Waals surface area contributed by atoms with Crippen molar-refractivity contribution in [1.29, 1.82) is 0 Å². The first-order valence-electron chi connectivity index (χ1n) is 6.34. The first kappa shape index (κ1) is 15.1. The van der Waals surface area contributed by atoms with Crippen molar-refractivity contribution in [1.82, 2.24) is 15.2 Å². The molecule has 2 rings (SSSR count). The third kappa shape index (κ3) is 3.63. The summed E-state index contributed by atoms with van der Waals surface area (Å²) in [5.41, 5.74) is 5.78. The minimum Gasteiger partial charge on any atom is -0.329 e. The van der Waals surface area contributed by atoms with E-state index in [0.29, 0.717) is 5.69 Å². The molecule has 7 heteroatoms. The first-order valence-corrected chi connectivity index (χ1v) is 6.74. The van der Waals surface area contributed by atoms with Crippen molar-refractivity contribution in [3.05, 3.63) is 47.0 Å². The Labute approximate surface area is 127 Å². The summed E-state index contributed by atoms with van der Waals surface area (Å²) in [4.78, 5) is 0. The molecule has 2 N–H and O–H groups in total. The molecule has 0 saturated heterocycles. The number of benzene rings is 1. The summed E-state index contributed by atoms with van der Waals surface area (Å²) < 4.78 is 15.2. The highest BCUT2D eigenvalue weighted by atomic mass is 32.1. The topological polar surface area (TPSA) is 54.2 Å². The van der Waals surface area contributed by atoms with Crippen LogP contribution < -0.4 is 10.7 Å². The predicted octanol–water partition coefficient (Wildman–Crippen LogP) is 2.50. The quantitative estimate of drug-likeness (QED) is 0.520. The third-order valence-electron chi connectivity index (χ3n) is 3.05. The fourth-order valence-electron chi connectivity index (χ4n) is 1.85. The number of anilines is 1. The zero-order valence-electron chi connectivity index (χ0n) is 12.0. The molecule has 0 fully saturated rings. The molecule has 0 radical (unpaired) electrons. The number of para-hydroxylation sites is 1. The Morgan fingerprint density at radius 2 is 2.10 bits per heavy atom. The minimum atomic E-state index is -0.371. The molecule has 5 nitrogen and oxygen atoms in total. The van der Waals surface area contributed by atoms with E-state index in [1.54, 1.807) is 29.1 Å². The van der Waals surface area contributed by atoms with Gasteiger partial charge in [-0.1, -0.05) is 12.1 Å². The van der Waals surface area contributed by atoms with Crippen molar-refractivity contribution in [3.63, 3.8) is 0 Å². The Bertz CT molecular complexity index is 693. The molecule has 2 aromatic rings. The van der Waals surface area contributed by atoms with Crippen molar-refractivity contribution in [2.45, 2.75) is 13.8 Å². The van der Waals surface area contributed by atoms with Crippen LogP contribution in [0.4, 0.5) is 10.1 Å². The lowest BCUT2D eigenvalue weighted by Crippen LogP contribution is -2.24. The highest BCUT2D eigenvalue weighted by Crippen LogP contribution is 2.12. The van der Waals surface area contributed by atoms with Crippen LogP contribution in [0.15, 0.2) is 29.4 Å². The maximum absolute atomic E-state index is 13.4. The normalized spacial score (nSPS) is 10.9. The van der Waals surface area contributed by atoms with E-state index in [1.807, 2.05) is 20.9 Å². The number of rotatable bonds is 3. The molecule has 0 spiro atoms. The van der Waals surface area contributed by atoms with Crippen LogP contribution in [-0.4, -0.2) is 21.1 Å². The van der Waals surface area contributed by atoms with Crippen LogP contribution in [0.1, 0.15) is 17.0 Å². The van der Waals surface area contributed by atoms with E-state index >= 15 is 0 Å². The van der Waals surface area contributed by atoms with Crippen LogP contribution in [0, 0.1) is 19.7 Å². The van der Waals surface area contributed by atoms with Gasteiger partial charge in [0.25, 0.3) is 0 Å². The fourth-order valence-corrected chi connectivity index (χ4v) is 2.01. The minimum absolute atomic E-state index is 0.218. The Morgan fingerprint density at radius 3 is 2.71 bits per heavy atom. The van der Waals surface area contributed by atoms with E-state index in [0.717, 1.165) is 17.0 Å². The largest absolute Gasteiger partial charge is 0.329 e. The summed E-state index contributed by atoms with van der Waals surface area (Å²) in [5, 5.41) is 11.3. The van der Waals surface area contributed by atoms with Crippen LogP contribution in [0.25, 0.3) is 0 Å². The van der Waals surface area contributed by atoms with Gasteiger partial charge in [-0.2, -0.15) is 10.2 Å². The highest BCUT2D eigenvalue weighted by Gasteiger charge is 2.06. The molecular weight excluding hydrogens is 289 g/mol. The molecule has 0 atom stereocenters. The summed E-state index contributed by atoms with van der Waals surface area (Å²) in [5.74, 6) is -0.371. The number of aromatic nitrogens is 2. The molecular formula is C14H16FN5S. The van der Waals surface area contributed by atoms with Gasteiger partial charge >= 0.3 is 0 Å². The summed E-state index contributed by atoms with van der Waals surface area (Å²) in [6.45, 7) is 3.86. The lowest BCUT2D eigenvalue weighted by Gasteiger charge is -2.07. The van der Waals surface area contributed by atoms with E-state index in [4.69, 9.17) is 12.2 Å². The lowest BCUT2D eigenvalue weighted by atomic mass is 10.2. The van der Waals surface area contributed by atoms with Gasteiger partial charge in [0.2, 0.25) is 0 Å². The van der Waals surface area contributed by atoms with Crippen molar-refractivity contribution >= 4 is 29.2 Å². The predicted molar refractivity (Wildman–Crippen MR) is 86.0 cm³/mol. The van der Waals surface area contributed by atoms with Gasteiger partial charge in [-0.25, -0.2) is 4.39 Å². The van der Waals surface area contributed by atoms with Crippen LogP contribution in [0.5, 0.6) is 0 Å². The van der Waals surface area contributed by atoms with Gasteiger partial charge in [-0.3, -0.25) is 10.1 Å².